The summed E-state index contributed by atoms with van der Waals surface area (Å²) in [5, 5.41) is 21.0. The third kappa shape index (κ3) is 4.16. The molecular weight excluding hydrogens is 278 g/mol. The Morgan fingerprint density at radius 3 is 2.05 bits per heavy atom. The quantitative estimate of drug-likeness (QED) is 0.761. The Hall–Kier alpha value is -2.17. The van der Waals surface area contributed by atoms with E-state index in [4.69, 9.17) is 0 Å². The third-order valence-electron chi connectivity index (χ3n) is 3.56. The fraction of sp³-hybridized carbons (Fsp3) is 0.278. The molecule has 0 aliphatic heterocycles. The lowest BCUT2D eigenvalue weighted by molar-refractivity contribution is -0.123. The number of hydrogen-bond acceptors (Lipinski definition) is 3. The van der Waals surface area contributed by atoms with Crippen LogP contribution in [0.15, 0.2) is 54.6 Å². The van der Waals surface area contributed by atoms with Gasteiger partial charge < -0.3 is 15.5 Å². The lowest BCUT2D eigenvalue weighted by Crippen LogP contribution is -2.52. The minimum absolute atomic E-state index is 0.213. The second-order valence-corrected chi connectivity index (χ2v) is 5.66. The van der Waals surface area contributed by atoms with Crippen molar-refractivity contribution in [1.82, 2.24) is 5.32 Å². The average molecular weight is 299 g/mol. The number of aliphatic hydroxyl groups excluding tert-OH is 2. The molecule has 22 heavy (non-hydrogen) atoms. The van der Waals surface area contributed by atoms with Crippen molar-refractivity contribution in [1.29, 1.82) is 0 Å². The first-order chi connectivity index (χ1) is 10.6. The van der Waals surface area contributed by atoms with Gasteiger partial charge in [0.15, 0.2) is 0 Å². The van der Waals surface area contributed by atoms with E-state index in [1.807, 2.05) is 54.6 Å². The van der Waals surface area contributed by atoms with Gasteiger partial charge in [-0.05, 0) is 23.6 Å². The minimum Gasteiger partial charge on any atom is -0.394 e. The van der Waals surface area contributed by atoms with Gasteiger partial charge in [-0.1, -0.05) is 54.6 Å². The molecule has 0 heterocycles. The predicted molar refractivity (Wildman–Crippen MR) is 86.3 cm³/mol. The van der Waals surface area contributed by atoms with Gasteiger partial charge in [0.2, 0.25) is 5.91 Å². The Kier molecular flexibility index (Phi) is 5.31. The Morgan fingerprint density at radius 1 is 0.955 bits per heavy atom. The van der Waals surface area contributed by atoms with Crippen molar-refractivity contribution in [3.8, 4) is 11.1 Å². The number of aliphatic hydroxyl groups is 2. The van der Waals surface area contributed by atoms with Crippen LogP contribution in [0.4, 0.5) is 0 Å². The summed E-state index contributed by atoms with van der Waals surface area (Å²) in [4.78, 5) is 12.0. The zero-order chi connectivity index (χ0) is 16.0. The normalized spacial score (nSPS) is 11.2. The van der Waals surface area contributed by atoms with Crippen molar-refractivity contribution >= 4 is 5.91 Å². The Labute approximate surface area is 130 Å². The van der Waals surface area contributed by atoms with Crippen LogP contribution < -0.4 is 5.32 Å². The van der Waals surface area contributed by atoms with Crippen LogP contribution in [0.2, 0.25) is 0 Å². The summed E-state index contributed by atoms with van der Waals surface area (Å²) in [5.41, 5.74) is 2.13. The highest BCUT2D eigenvalue weighted by molar-refractivity contribution is 5.79. The van der Waals surface area contributed by atoms with Gasteiger partial charge in [-0.25, -0.2) is 0 Å². The SMILES string of the molecule is CC(CO)(CO)NC(=O)Cc1ccc(-c2ccccc2)cc1. The topological polar surface area (TPSA) is 69.6 Å². The van der Waals surface area contributed by atoms with Crippen LogP contribution in [-0.2, 0) is 11.2 Å². The summed E-state index contributed by atoms with van der Waals surface area (Å²) >= 11 is 0. The van der Waals surface area contributed by atoms with E-state index < -0.39 is 5.54 Å². The van der Waals surface area contributed by atoms with Crippen LogP contribution in [0.25, 0.3) is 11.1 Å². The molecule has 4 heteroatoms. The zero-order valence-corrected chi connectivity index (χ0v) is 12.6. The summed E-state index contributed by atoms with van der Waals surface area (Å²) < 4.78 is 0. The van der Waals surface area contributed by atoms with Crippen LogP contribution in [0.1, 0.15) is 12.5 Å². The number of amides is 1. The molecule has 116 valence electrons. The fourth-order valence-electron chi connectivity index (χ4n) is 2.14. The van der Waals surface area contributed by atoms with E-state index >= 15 is 0 Å². The molecule has 0 aliphatic rings. The standard InChI is InChI=1S/C18H21NO3/c1-18(12-20,13-21)19-17(22)11-14-7-9-16(10-8-14)15-5-3-2-4-6-15/h2-10,20-21H,11-13H2,1H3,(H,19,22). The van der Waals surface area contributed by atoms with E-state index in [0.29, 0.717) is 0 Å². The van der Waals surface area contributed by atoms with Gasteiger partial charge in [0.25, 0.3) is 0 Å². The van der Waals surface area contributed by atoms with Crippen LogP contribution in [0.5, 0.6) is 0 Å². The summed E-state index contributed by atoms with van der Waals surface area (Å²) in [6, 6.07) is 17.8. The Balaban J connectivity index is 2.01. The molecule has 2 aromatic carbocycles. The molecule has 0 bridgehead atoms. The van der Waals surface area contributed by atoms with Gasteiger partial charge in [-0.2, -0.15) is 0 Å². The Morgan fingerprint density at radius 2 is 1.50 bits per heavy atom. The third-order valence-corrected chi connectivity index (χ3v) is 3.56. The summed E-state index contributed by atoms with van der Waals surface area (Å²) in [7, 11) is 0. The van der Waals surface area contributed by atoms with Gasteiger partial charge in [0, 0.05) is 0 Å². The summed E-state index contributed by atoms with van der Waals surface area (Å²) in [6.45, 7) is 0.994. The van der Waals surface area contributed by atoms with E-state index in [-0.39, 0.29) is 25.5 Å². The molecule has 0 saturated carbocycles. The van der Waals surface area contributed by atoms with Crippen molar-refractivity contribution in [2.75, 3.05) is 13.2 Å². The van der Waals surface area contributed by atoms with Crippen molar-refractivity contribution in [2.24, 2.45) is 0 Å². The average Bonchev–Trinajstić information content (AvgIpc) is 2.56. The smallest absolute Gasteiger partial charge is 0.224 e. The second-order valence-electron chi connectivity index (χ2n) is 5.66. The van der Waals surface area contributed by atoms with Gasteiger partial charge >= 0.3 is 0 Å². The van der Waals surface area contributed by atoms with Gasteiger partial charge in [0.05, 0.1) is 25.2 Å². The number of nitrogens with one attached hydrogen (secondary N) is 1. The molecule has 0 spiro atoms. The van der Waals surface area contributed by atoms with E-state index in [1.165, 1.54) is 0 Å². The molecule has 0 aliphatic carbocycles. The number of carbonyl (C=O) groups is 1. The molecule has 2 rings (SSSR count). The molecule has 0 radical (unpaired) electrons. The van der Waals surface area contributed by atoms with E-state index in [1.54, 1.807) is 6.92 Å². The molecule has 1 amide bonds. The van der Waals surface area contributed by atoms with Crippen LogP contribution in [-0.4, -0.2) is 34.9 Å². The molecule has 0 aromatic heterocycles. The van der Waals surface area contributed by atoms with Crippen LogP contribution in [0.3, 0.4) is 0 Å². The number of hydrogen-bond donors (Lipinski definition) is 3. The van der Waals surface area contributed by atoms with Gasteiger partial charge in [-0.15, -0.1) is 0 Å². The monoisotopic (exact) mass is 299 g/mol. The molecule has 0 fully saturated rings. The zero-order valence-electron chi connectivity index (χ0n) is 12.6. The lowest BCUT2D eigenvalue weighted by atomic mass is 10.0. The number of rotatable bonds is 6. The second kappa shape index (κ2) is 7.20. The van der Waals surface area contributed by atoms with Crippen molar-refractivity contribution in [3.05, 3.63) is 60.2 Å². The first-order valence-corrected chi connectivity index (χ1v) is 7.23. The molecule has 0 saturated heterocycles. The summed E-state index contributed by atoms with van der Waals surface area (Å²) in [5.74, 6) is -0.224. The molecule has 2 aromatic rings. The fourth-order valence-corrected chi connectivity index (χ4v) is 2.14. The lowest BCUT2D eigenvalue weighted by Gasteiger charge is -2.26. The van der Waals surface area contributed by atoms with E-state index in [2.05, 4.69) is 5.32 Å². The van der Waals surface area contributed by atoms with Gasteiger partial charge in [0.1, 0.15) is 0 Å². The largest absolute Gasteiger partial charge is 0.394 e. The minimum atomic E-state index is -0.985. The summed E-state index contributed by atoms with van der Waals surface area (Å²) in [6.07, 6.45) is 0.213. The van der Waals surface area contributed by atoms with Crippen molar-refractivity contribution in [2.45, 2.75) is 18.9 Å². The molecule has 3 N–H and O–H groups in total. The maximum atomic E-state index is 12.0. The molecular formula is C18H21NO3. The highest BCUT2D eigenvalue weighted by Gasteiger charge is 2.24. The highest BCUT2D eigenvalue weighted by Crippen LogP contribution is 2.19. The molecule has 4 nitrogen and oxygen atoms in total. The number of benzene rings is 2. The maximum Gasteiger partial charge on any atom is 0.224 e. The highest BCUT2D eigenvalue weighted by atomic mass is 16.3. The van der Waals surface area contributed by atoms with Crippen LogP contribution >= 0.6 is 0 Å². The van der Waals surface area contributed by atoms with Gasteiger partial charge in [-0.3, -0.25) is 4.79 Å². The first-order valence-electron chi connectivity index (χ1n) is 7.23. The van der Waals surface area contributed by atoms with E-state index in [0.717, 1.165) is 16.7 Å². The van der Waals surface area contributed by atoms with Crippen LogP contribution in [0, 0.1) is 0 Å². The van der Waals surface area contributed by atoms with Crippen molar-refractivity contribution in [3.63, 3.8) is 0 Å². The maximum absolute atomic E-state index is 12.0. The van der Waals surface area contributed by atoms with Crippen molar-refractivity contribution < 1.29 is 15.0 Å². The first kappa shape index (κ1) is 16.2. The molecule has 0 atom stereocenters. The predicted octanol–water partition coefficient (Wildman–Crippen LogP) is 1.76. The van der Waals surface area contributed by atoms with E-state index in [9.17, 15) is 15.0 Å². The Bertz CT molecular complexity index is 604. The number of carbonyl (C=O) groups excluding carboxylic acids is 1. The molecule has 0 unspecified atom stereocenters.